The monoisotopic (exact) mass is 1270 g/mol. The summed E-state index contributed by atoms with van der Waals surface area (Å²) in [5.41, 5.74) is 6.97. The minimum Gasteiger partial charge on any atom is -0.494 e. The zero-order valence-corrected chi connectivity index (χ0v) is 55.0. The van der Waals surface area contributed by atoms with Crippen molar-refractivity contribution in [2.75, 3.05) is 19.8 Å². The van der Waals surface area contributed by atoms with Gasteiger partial charge in [0.25, 0.3) is 0 Å². The van der Waals surface area contributed by atoms with E-state index in [2.05, 4.69) is 31.8 Å². The van der Waals surface area contributed by atoms with Crippen LogP contribution in [0.5, 0.6) is 17.2 Å². The number of nitrogens with zero attached hydrogens (tertiary/aromatic N) is 1. The molecule has 0 aliphatic carbocycles. The molecule has 0 spiro atoms. The molecule has 3 saturated heterocycles. The zero-order valence-electron chi connectivity index (χ0n) is 54.2. The third-order valence-corrected chi connectivity index (χ3v) is 17.3. The number of carbonyl (C=O) groups is 6. The highest BCUT2D eigenvalue weighted by Crippen LogP contribution is 2.31. The molecule has 1 aromatic heterocycles. The molecule has 3 aliphatic rings. The third kappa shape index (κ3) is 21.4. The number of carbonyl (C=O) groups excluding carboxylic acids is 6. The molecule has 0 radical (unpaired) electrons. The Bertz CT molecular complexity index is 3480. The topological polar surface area (TPSA) is 189 Å². The van der Waals surface area contributed by atoms with Crippen LogP contribution in [0.1, 0.15) is 199 Å². The van der Waals surface area contributed by atoms with Crippen molar-refractivity contribution in [2.45, 2.75) is 194 Å². The van der Waals surface area contributed by atoms with Crippen molar-refractivity contribution in [2.24, 2.45) is 0 Å². The minimum atomic E-state index is -0.839. The molecule has 0 N–H and O–H groups in total. The van der Waals surface area contributed by atoms with Crippen molar-refractivity contribution < 1.29 is 66.7 Å². The summed E-state index contributed by atoms with van der Waals surface area (Å²) < 4.78 is 44.6. The van der Waals surface area contributed by atoms with Gasteiger partial charge in [-0.3, -0.25) is 4.79 Å². The fourth-order valence-corrected chi connectivity index (χ4v) is 11.7. The Labute approximate surface area is 545 Å². The number of esters is 5. The number of hydrogen-bond acceptors (Lipinski definition) is 16. The number of hydrogen-bond donors (Lipinski definition) is 0. The van der Waals surface area contributed by atoms with Gasteiger partial charge in [-0.25, -0.2) is 29.0 Å². The molecule has 10 rings (SSSR count). The van der Waals surface area contributed by atoms with Gasteiger partial charge < -0.3 is 37.9 Å². The number of cyclic esters (lactones) is 2. The summed E-state index contributed by atoms with van der Waals surface area (Å²) in [5, 5.41) is 0.461. The van der Waals surface area contributed by atoms with Gasteiger partial charge in [0, 0.05) is 12.2 Å². The molecular formula is C76H89NO14S. The second-order valence-corrected chi connectivity index (χ2v) is 25.2. The first-order chi connectivity index (χ1) is 44.6. The first-order valence-corrected chi connectivity index (χ1v) is 33.8. The summed E-state index contributed by atoms with van der Waals surface area (Å²) in [6.45, 7) is 14.2. The summed E-state index contributed by atoms with van der Waals surface area (Å²) in [7, 11) is 0. The van der Waals surface area contributed by atoms with Crippen molar-refractivity contribution in [1.82, 2.24) is 4.98 Å². The molecule has 4 heterocycles. The van der Waals surface area contributed by atoms with Gasteiger partial charge in [0.1, 0.15) is 22.8 Å². The summed E-state index contributed by atoms with van der Waals surface area (Å²) >= 11 is 1.40. The molecule has 3 fully saturated rings. The van der Waals surface area contributed by atoms with E-state index in [4.69, 9.17) is 37.9 Å². The lowest BCUT2D eigenvalue weighted by molar-refractivity contribution is -0.177. The highest BCUT2D eigenvalue weighted by atomic mass is 32.1. The maximum Gasteiger partial charge on any atom is 0.347 e. The van der Waals surface area contributed by atoms with Crippen molar-refractivity contribution >= 4 is 57.2 Å². The van der Waals surface area contributed by atoms with Crippen molar-refractivity contribution in [3.8, 4) is 39.5 Å². The average molecular weight is 1270 g/mol. The van der Waals surface area contributed by atoms with Crippen LogP contribution in [0, 0.1) is 0 Å². The Morgan fingerprint density at radius 3 is 1.53 bits per heavy atom. The number of aromatic nitrogens is 1. The van der Waals surface area contributed by atoms with Gasteiger partial charge in [-0.1, -0.05) is 140 Å². The highest BCUT2D eigenvalue weighted by molar-refractivity contribution is 7.20. The zero-order chi connectivity index (χ0) is 65.2. The van der Waals surface area contributed by atoms with E-state index in [9.17, 15) is 28.8 Å². The largest absolute Gasteiger partial charge is 0.494 e. The van der Waals surface area contributed by atoms with Crippen molar-refractivity contribution in [3.05, 3.63) is 167 Å². The number of benzene rings is 6. The normalized spacial score (nSPS) is 17.4. The van der Waals surface area contributed by atoms with E-state index in [1.165, 1.54) is 81.1 Å². The molecular weight excluding hydrogens is 1180 g/mol. The third-order valence-electron chi connectivity index (χ3n) is 16.3. The second kappa shape index (κ2) is 35.6. The minimum absolute atomic E-state index is 0.121. The van der Waals surface area contributed by atoms with Crippen LogP contribution in [0.3, 0.4) is 0 Å². The fraction of sp³-hybridized carbons (Fsp3) is 0.434. The van der Waals surface area contributed by atoms with E-state index in [0.717, 1.165) is 82.9 Å². The molecule has 0 saturated carbocycles. The fourth-order valence-electron chi connectivity index (χ4n) is 10.7. The summed E-state index contributed by atoms with van der Waals surface area (Å²) in [6.07, 6.45) is 17.5. The lowest BCUT2D eigenvalue weighted by Crippen LogP contribution is -2.42. The number of rotatable bonds is 27. The van der Waals surface area contributed by atoms with Crippen LogP contribution in [0.2, 0.25) is 0 Å². The lowest BCUT2D eigenvalue weighted by atomic mass is 9.96. The average Bonchev–Trinajstić information content (AvgIpc) is 1.65. The highest BCUT2D eigenvalue weighted by Gasteiger charge is 2.38. The van der Waals surface area contributed by atoms with Gasteiger partial charge in [0.05, 0.1) is 40.7 Å². The molecule has 92 heavy (non-hydrogen) atoms. The molecule has 4 atom stereocenters. The van der Waals surface area contributed by atoms with E-state index >= 15 is 0 Å². The first kappa shape index (κ1) is 69.7. The lowest BCUT2D eigenvalue weighted by Gasteiger charge is -2.33. The van der Waals surface area contributed by atoms with Gasteiger partial charge in [-0.2, -0.15) is 0 Å². The Morgan fingerprint density at radius 2 is 1.04 bits per heavy atom. The maximum absolute atomic E-state index is 12.7. The number of aryl methyl sites for hydroxylation is 1. The van der Waals surface area contributed by atoms with Gasteiger partial charge >= 0.3 is 29.8 Å². The van der Waals surface area contributed by atoms with E-state index in [-0.39, 0.29) is 17.9 Å². The Kier molecular flexibility index (Phi) is 26.9. The van der Waals surface area contributed by atoms with Crippen molar-refractivity contribution in [3.63, 3.8) is 0 Å². The van der Waals surface area contributed by atoms with Crippen LogP contribution in [0.4, 0.5) is 0 Å². The molecule has 3 aliphatic heterocycles. The van der Waals surface area contributed by atoms with Crippen LogP contribution in [-0.4, -0.2) is 90.5 Å². The number of fused-ring (bicyclic) bond motifs is 1. The standard InChI is InChI=1S/C28H36O5.C27H34O5.C21H19NO4S/c1-4-5-6-7-8-9-20-31-24-16-14-22(15-17-24)21-10-12-23(13-11-21)26(29)32-25-18-19-28(2,3)33-27(25)30;1-3-4-5-6-7-8-19-30-24-16-14-22(15-17-24)21-10-12-23(13-11-21)26(28)32-25-18-9-20(2)31-27(25)29;1-2-13-5-10-16-18(12-13)27-20(22-16)19(23)14-6-8-15(9-7-14)26-21(24)17-4-3-11-25-17/h10-17,25H,4-9,18-20H2,1-3H3;10-17,20,25H,3-9,18-19H2,1-2H3;5-10,12,17H,2-4,11H2,1H3. The first-order valence-electron chi connectivity index (χ1n) is 33.0. The Hall–Kier alpha value is -8.21. The molecule has 488 valence electrons. The summed E-state index contributed by atoms with van der Waals surface area (Å²) in [4.78, 5) is 78.0. The Balaban J connectivity index is 0.000000178. The number of unbranched alkanes of at least 4 members (excludes halogenated alkanes) is 10. The smallest absolute Gasteiger partial charge is 0.347 e. The van der Waals surface area contributed by atoms with E-state index < -0.39 is 47.8 Å². The molecule has 15 nitrogen and oxygen atoms in total. The number of ketones is 1. The second-order valence-electron chi connectivity index (χ2n) is 24.2. The van der Waals surface area contributed by atoms with Crippen LogP contribution < -0.4 is 14.2 Å². The predicted molar refractivity (Wildman–Crippen MR) is 358 cm³/mol. The van der Waals surface area contributed by atoms with Gasteiger partial charge in [0.2, 0.25) is 5.78 Å². The van der Waals surface area contributed by atoms with Gasteiger partial charge in [-0.15, -0.1) is 11.3 Å². The number of thiazole rings is 1. The molecule has 4 unspecified atom stereocenters. The summed E-state index contributed by atoms with van der Waals surface area (Å²) in [6, 6.07) is 43.0. The SMILES string of the molecule is CCCCCCCCOc1ccc(-c2ccc(C(=O)OC3CCC(C)(C)OC3=O)cc2)cc1.CCCCCCCCOc1ccc(-c2ccc(C(=O)OC3CCC(C)OC3=O)cc2)cc1.CCc1ccc2nc(C(=O)c3ccc(OC(=O)C4CCCO4)cc3)sc2c1. The quantitative estimate of drug-likeness (QED) is 0.0155. The predicted octanol–water partition coefficient (Wildman–Crippen LogP) is 17.3. The number of ether oxygens (including phenoxy) is 8. The van der Waals surface area contributed by atoms with E-state index in [0.29, 0.717) is 66.2 Å². The molecule has 16 heteroatoms. The van der Waals surface area contributed by atoms with Gasteiger partial charge in [-0.05, 0) is 191 Å². The summed E-state index contributed by atoms with van der Waals surface area (Å²) in [5.74, 6) is -0.332. The Morgan fingerprint density at radius 1 is 0.554 bits per heavy atom. The maximum atomic E-state index is 12.7. The van der Waals surface area contributed by atoms with Crippen molar-refractivity contribution in [1.29, 1.82) is 0 Å². The van der Waals surface area contributed by atoms with Gasteiger partial charge in [0.15, 0.2) is 23.3 Å². The van der Waals surface area contributed by atoms with Crippen LogP contribution >= 0.6 is 11.3 Å². The molecule has 0 amide bonds. The van der Waals surface area contributed by atoms with Crippen LogP contribution in [0.15, 0.2) is 140 Å². The van der Waals surface area contributed by atoms with E-state index in [1.54, 1.807) is 48.5 Å². The van der Waals surface area contributed by atoms with E-state index in [1.807, 2.05) is 106 Å². The van der Waals surface area contributed by atoms with Crippen LogP contribution in [-0.2, 0) is 44.5 Å². The van der Waals surface area contributed by atoms with Crippen LogP contribution in [0.25, 0.3) is 32.5 Å². The molecule has 7 aromatic rings. The molecule has 0 bridgehead atoms. The molecule has 6 aromatic carbocycles.